The van der Waals surface area contributed by atoms with Gasteiger partial charge in [0.15, 0.2) is 0 Å². The van der Waals surface area contributed by atoms with E-state index in [9.17, 15) is 4.79 Å². The lowest BCUT2D eigenvalue weighted by Crippen LogP contribution is -2.21. The summed E-state index contributed by atoms with van der Waals surface area (Å²) in [6.45, 7) is 1.89. The lowest BCUT2D eigenvalue weighted by atomic mass is 10.1. The molecular formula is C21H22N8O2. The van der Waals surface area contributed by atoms with Crippen molar-refractivity contribution >= 4 is 28.6 Å². The highest BCUT2D eigenvalue weighted by atomic mass is 16.5. The van der Waals surface area contributed by atoms with Gasteiger partial charge < -0.3 is 25.8 Å². The molecule has 1 unspecified atom stereocenters. The van der Waals surface area contributed by atoms with Crippen molar-refractivity contribution in [2.45, 2.75) is 13.0 Å². The number of hydrogen-bond donors (Lipinski definition) is 4. The summed E-state index contributed by atoms with van der Waals surface area (Å²) in [6.07, 6.45) is 4.81. The fourth-order valence-electron chi connectivity index (χ4n) is 3.29. The molecule has 0 saturated carbocycles. The first-order chi connectivity index (χ1) is 15.0. The van der Waals surface area contributed by atoms with Gasteiger partial charge in [0.05, 0.1) is 41.3 Å². The number of H-pyrrole nitrogens is 2. The maximum atomic E-state index is 13.1. The lowest BCUT2D eigenvalue weighted by Gasteiger charge is -2.19. The number of aromatic nitrogens is 5. The van der Waals surface area contributed by atoms with Gasteiger partial charge in [-0.2, -0.15) is 0 Å². The van der Waals surface area contributed by atoms with Crippen LogP contribution in [0.1, 0.15) is 24.5 Å². The standard InChI is InChI=1S/C21H22N8O2/c1-11(19-24-7-4-8-25-19)26-18-16(21(30)29-15(10-23-2)17(18)22)20-27-13-6-5-12(31-3)9-14(13)28-20/h4-11H,22H2,1-3H3,(H,27,28)(H2,26,29,30). The number of nitrogens with one attached hydrogen (secondary N) is 3. The van der Waals surface area contributed by atoms with Crippen molar-refractivity contribution in [2.75, 3.05) is 25.2 Å². The largest absolute Gasteiger partial charge is 0.497 e. The van der Waals surface area contributed by atoms with E-state index in [0.29, 0.717) is 40.0 Å². The van der Waals surface area contributed by atoms with Crippen LogP contribution >= 0.6 is 0 Å². The quantitative estimate of drug-likeness (QED) is 0.352. The SMILES string of the molecule is CN=Cc1[nH]c(=O)c(-c2nc3ccc(OC)cc3[nH]2)c(NC(C)c2ncccn2)c1N. The van der Waals surface area contributed by atoms with Crippen molar-refractivity contribution in [2.24, 2.45) is 4.99 Å². The van der Waals surface area contributed by atoms with E-state index in [2.05, 4.69) is 35.2 Å². The highest BCUT2D eigenvalue weighted by molar-refractivity contribution is 5.95. The number of rotatable bonds is 6. The topological polar surface area (TPSA) is 147 Å². The van der Waals surface area contributed by atoms with Crippen molar-refractivity contribution in [3.8, 4) is 17.1 Å². The number of fused-ring (bicyclic) bond motifs is 1. The first kappa shape index (κ1) is 20.1. The Morgan fingerprint density at radius 2 is 2.03 bits per heavy atom. The summed E-state index contributed by atoms with van der Waals surface area (Å²) < 4.78 is 5.27. The first-order valence-corrected chi connectivity index (χ1v) is 9.57. The smallest absolute Gasteiger partial charge is 0.261 e. The summed E-state index contributed by atoms with van der Waals surface area (Å²) in [6, 6.07) is 6.86. The van der Waals surface area contributed by atoms with Crippen LogP contribution in [0.15, 0.2) is 46.4 Å². The van der Waals surface area contributed by atoms with Gasteiger partial charge in [-0.05, 0) is 25.1 Å². The summed E-state index contributed by atoms with van der Waals surface area (Å²) in [5.74, 6) is 1.62. The molecule has 0 aliphatic heterocycles. The molecular weight excluding hydrogens is 396 g/mol. The Labute approximate surface area is 177 Å². The molecule has 158 valence electrons. The maximum absolute atomic E-state index is 13.1. The van der Waals surface area contributed by atoms with Gasteiger partial charge in [-0.15, -0.1) is 0 Å². The number of nitrogens with zero attached hydrogens (tertiary/aromatic N) is 4. The molecule has 4 rings (SSSR count). The molecule has 0 saturated heterocycles. The normalized spacial score (nSPS) is 12.4. The Morgan fingerprint density at radius 3 is 2.74 bits per heavy atom. The minimum atomic E-state index is -0.362. The predicted molar refractivity (Wildman–Crippen MR) is 121 cm³/mol. The molecule has 10 nitrogen and oxygen atoms in total. The minimum Gasteiger partial charge on any atom is -0.497 e. The van der Waals surface area contributed by atoms with Crippen LogP contribution in [0.4, 0.5) is 11.4 Å². The molecule has 0 radical (unpaired) electrons. The molecule has 1 aromatic carbocycles. The van der Waals surface area contributed by atoms with Gasteiger partial charge in [-0.3, -0.25) is 9.79 Å². The monoisotopic (exact) mass is 418 g/mol. The summed E-state index contributed by atoms with van der Waals surface area (Å²) in [5, 5.41) is 3.28. The van der Waals surface area contributed by atoms with Crippen LogP contribution in [0.3, 0.4) is 0 Å². The number of benzene rings is 1. The van der Waals surface area contributed by atoms with Crippen molar-refractivity contribution in [3.63, 3.8) is 0 Å². The van der Waals surface area contributed by atoms with Gasteiger partial charge in [0.1, 0.15) is 23.0 Å². The van der Waals surface area contributed by atoms with E-state index in [-0.39, 0.29) is 17.2 Å². The maximum Gasteiger partial charge on any atom is 0.261 e. The number of hydrogen-bond acceptors (Lipinski definition) is 8. The molecule has 10 heteroatoms. The van der Waals surface area contributed by atoms with Crippen LogP contribution in [-0.4, -0.2) is 45.3 Å². The molecule has 31 heavy (non-hydrogen) atoms. The highest BCUT2D eigenvalue weighted by Crippen LogP contribution is 2.33. The summed E-state index contributed by atoms with van der Waals surface area (Å²) in [4.78, 5) is 36.2. The summed E-state index contributed by atoms with van der Waals surface area (Å²) in [7, 11) is 3.19. The van der Waals surface area contributed by atoms with Crippen molar-refractivity contribution < 1.29 is 4.74 Å². The average Bonchev–Trinajstić information content (AvgIpc) is 3.20. The third-order valence-corrected chi connectivity index (χ3v) is 4.80. The Balaban J connectivity index is 1.89. The average molecular weight is 418 g/mol. The van der Waals surface area contributed by atoms with E-state index in [1.807, 2.05) is 19.1 Å². The molecule has 0 spiro atoms. The van der Waals surface area contributed by atoms with Crippen molar-refractivity contribution in [3.05, 3.63) is 58.5 Å². The van der Waals surface area contributed by atoms with Crippen LogP contribution in [-0.2, 0) is 0 Å². The fourth-order valence-corrected chi connectivity index (χ4v) is 3.29. The second kappa shape index (κ2) is 8.27. The molecule has 0 aliphatic rings. The van der Waals surface area contributed by atoms with Gasteiger partial charge in [0.25, 0.3) is 5.56 Å². The zero-order valence-corrected chi connectivity index (χ0v) is 17.3. The van der Waals surface area contributed by atoms with E-state index in [1.165, 1.54) is 6.21 Å². The van der Waals surface area contributed by atoms with E-state index >= 15 is 0 Å². The van der Waals surface area contributed by atoms with Gasteiger partial charge >= 0.3 is 0 Å². The number of ether oxygens (including phenoxy) is 1. The number of imidazole rings is 1. The van der Waals surface area contributed by atoms with E-state index < -0.39 is 0 Å². The molecule has 0 bridgehead atoms. The molecule has 0 aliphatic carbocycles. The second-order valence-electron chi connectivity index (χ2n) is 6.86. The van der Waals surface area contributed by atoms with Crippen LogP contribution < -0.4 is 21.3 Å². The van der Waals surface area contributed by atoms with E-state index in [4.69, 9.17) is 10.5 Å². The third kappa shape index (κ3) is 3.82. The molecule has 3 aromatic heterocycles. The number of nitrogen functional groups attached to an aromatic ring is 1. The predicted octanol–water partition coefficient (Wildman–Crippen LogP) is 2.52. The number of aliphatic imine (C=N–C) groups is 1. The van der Waals surface area contributed by atoms with Gasteiger partial charge in [0.2, 0.25) is 0 Å². The first-order valence-electron chi connectivity index (χ1n) is 9.57. The van der Waals surface area contributed by atoms with Crippen LogP contribution in [0.2, 0.25) is 0 Å². The number of pyridine rings is 1. The Hall–Kier alpha value is -4.21. The number of methoxy groups -OCH3 is 1. The van der Waals surface area contributed by atoms with Crippen LogP contribution in [0.5, 0.6) is 5.75 Å². The molecule has 1 atom stereocenters. The number of aromatic amines is 2. The van der Waals surface area contributed by atoms with Gasteiger partial charge in [-0.1, -0.05) is 0 Å². The highest BCUT2D eigenvalue weighted by Gasteiger charge is 2.22. The summed E-state index contributed by atoms with van der Waals surface area (Å²) in [5.41, 5.74) is 8.92. The van der Waals surface area contributed by atoms with E-state index in [0.717, 1.165) is 5.52 Å². The Kier molecular flexibility index (Phi) is 5.35. The van der Waals surface area contributed by atoms with Gasteiger partial charge in [0, 0.05) is 31.7 Å². The molecule has 3 heterocycles. The minimum absolute atomic E-state index is 0.281. The van der Waals surface area contributed by atoms with Crippen molar-refractivity contribution in [1.82, 2.24) is 24.9 Å². The van der Waals surface area contributed by atoms with Gasteiger partial charge in [-0.25, -0.2) is 15.0 Å². The van der Waals surface area contributed by atoms with Crippen LogP contribution in [0, 0.1) is 0 Å². The molecule has 4 aromatic rings. The second-order valence-corrected chi connectivity index (χ2v) is 6.86. The molecule has 5 N–H and O–H groups in total. The zero-order valence-electron chi connectivity index (χ0n) is 17.3. The van der Waals surface area contributed by atoms with Crippen LogP contribution in [0.25, 0.3) is 22.4 Å². The molecule has 0 fully saturated rings. The Bertz CT molecular complexity index is 1310. The van der Waals surface area contributed by atoms with E-state index in [1.54, 1.807) is 38.7 Å². The number of nitrogens with two attached hydrogens (primary N) is 1. The zero-order chi connectivity index (χ0) is 22.0. The Morgan fingerprint density at radius 1 is 1.26 bits per heavy atom. The fraction of sp³-hybridized carbons (Fsp3) is 0.190. The third-order valence-electron chi connectivity index (χ3n) is 4.80. The molecule has 0 amide bonds. The lowest BCUT2D eigenvalue weighted by molar-refractivity contribution is 0.415. The summed E-state index contributed by atoms with van der Waals surface area (Å²) >= 11 is 0. The number of anilines is 2. The van der Waals surface area contributed by atoms with Crippen molar-refractivity contribution in [1.29, 1.82) is 0 Å².